The fourth-order valence-corrected chi connectivity index (χ4v) is 2.34. The lowest BCUT2D eigenvalue weighted by atomic mass is 10.1. The number of methoxy groups -OCH3 is 1. The van der Waals surface area contributed by atoms with Crippen molar-refractivity contribution in [3.8, 4) is 11.8 Å². The summed E-state index contributed by atoms with van der Waals surface area (Å²) in [6.07, 6.45) is 0. The minimum absolute atomic E-state index is 0.309. The van der Waals surface area contributed by atoms with Crippen molar-refractivity contribution in [2.45, 2.75) is 0 Å². The molecule has 0 N–H and O–H groups in total. The maximum absolute atomic E-state index is 12.4. The summed E-state index contributed by atoms with van der Waals surface area (Å²) in [6, 6.07) is 13.2. The van der Waals surface area contributed by atoms with Crippen molar-refractivity contribution < 1.29 is 14.3 Å². The number of benzene rings is 2. The van der Waals surface area contributed by atoms with E-state index in [0.29, 0.717) is 28.1 Å². The maximum Gasteiger partial charge on any atom is 0.266 e. The molecule has 1 heterocycles. The molecule has 0 unspecified atom stereocenters. The van der Waals surface area contributed by atoms with Crippen LogP contribution in [0.4, 0.5) is 5.69 Å². The minimum Gasteiger partial charge on any atom is -0.495 e. The van der Waals surface area contributed by atoms with Gasteiger partial charge in [0.1, 0.15) is 5.75 Å². The van der Waals surface area contributed by atoms with E-state index in [9.17, 15) is 9.59 Å². The summed E-state index contributed by atoms with van der Waals surface area (Å²) in [5, 5.41) is 8.91. The van der Waals surface area contributed by atoms with Crippen molar-refractivity contribution in [1.82, 2.24) is 0 Å². The maximum atomic E-state index is 12.4. The lowest BCUT2D eigenvalue weighted by molar-refractivity contribution is 0.0925. The number of rotatable bonds is 2. The highest BCUT2D eigenvalue weighted by molar-refractivity contribution is 6.34. The first-order chi connectivity index (χ1) is 10.2. The van der Waals surface area contributed by atoms with E-state index >= 15 is 0 Å². The number of nitrogens with zero attached hydrogens (tertiary/aromatic N) is 2. The Morgan fingerprint density at radius 1 is 1.05 bits per heavy atom. The molecule has 0 fully saturated rings. The van der Waals surface area contributed by atoms with Gasteiger partial charge in [-0.1, -0.05) is 12.1 Å². The zero-order valence-electron chi connectivity index (χ0n) is 11.2. The lowest BCUT2D eigenvalue weighted by Crippen LogP contribution is -2.29. The molecular formula is C16H10N2O3. The summed E-state index contributed by atoms with van der Waals surface area (Å²) in [5.74, 6) is -0.472. The van der Waals surface area contributed by atoms with Crippen molar-refractivity contribution in [3.63, 3.8) is 0 Å². The van der Waals surface area contributed by atoms with E-state index in [1.807, 2.05) is 6.07 Å². The molecule has 5 heteroatoms. The Labute approximate surface area is 121 Å². The first-order valence-electron chi connectivity index (χ1n) is 6.23. The number of nitriles is 1. The second kappa shape index (κ2) is 4.76. The first kappa shape index (κ1) is 12.9. The molecule has 3 rings (SSSR count). The van der Waals surface area contributed by atoms with Crippen LogP contribution in [-0.4, -0.2) is 18.9 Å². The van der Waals surface area contributed by atoms with Crippen LogP contribution in [0.25, 0.3) is 0 Å². The molecule has 0 spiro atoms. The van der Waals surface area contributed by atoms with Gasteiger partial charge in [-0.05, 0) is 24.3 Å². The number of hydrogen-bond donors (Lipinski definition) is 0. The lowest BCUT2D eigenvalue weighted by Gasteiger charge is -2.17. The third-order valence-electron chi connectivity index (χ3n) is 3.34. The van der Waals surface area contributed by atoms with Gasteiger partial charge in [0.25, 0.3) is 11.8 Å². The summed E-state index contributed by atoms with van der Waals surface area (Å²) in [6.45, 7) is 0. The zero-order chi connectivity index (χ0) is 15.0. The fourth-order valence-electron chi connectivity index (χ4n) is 2.34. The molecule has 0 saturated heterocycles. The average Bonchev–Trinajstić information content (AvgIpc) is 2.79. The number of carbonyl (C=O) groups is 2. The number of imide groups is 1. The van der Waals surface area contributed by atoms with Crippen molar-refractivity contribution in [2.75, 3.05) is 12.0 Å². The van der Waals surface area contributed by atoms with Crippen LogP contribution in [-0.2, 0) is 0 Å². The Morgan fingerprint density at radius 3 is 2.19 bits per heavy atom. The molecule has 0 atom stereocenters. The molecule has 2 amide bonds. The van der Waals surface area contributed by atoms with Gasteiger partial charge in [0.15, 0.2) is 0 Å². The van der Waals surface area contributed by atoms with Gasteiger partial charge in [0.2, 0.25) is 0 Å². The molecule has 2 aromatic carbocycles. The Bertz CT molecular complexity index is 770. The molecular weight excluding hydrogens is 268 g/mol. The first-order valence-corrected chi connectivity index (χ1v) is 6.23. The summed E-state index contributed by atoms with van der Waals surface area (Å²) in [4.78, 5) is 25.9. The normalized spacial score (nSPS) is 13.0. The molecule has 0 saturated carbocycles. The largest absolute Gasteiger partial charge is 0.495 e. The predicted octanol–water partition coefficient (Wildman–Crippen LogP) is 2.37. The van der Waals surface area contributed by atoms with Gasteiger partial charge in [0, 0.05) is 6.07 Å². The van der Waals surface area contributed by atoms with Gasteiger partial charge in [0.05, 0.1) is 35.6 Å². The van der Waals surface area contributed by atoms with Crippen LogP contribution in [0.1, 0.15) is 26.3 Å². The molecule has 5 nitrogen and oxygen atoms in total. The van der Waals surface area contributed by atoms with Gasteiger partial charge in [-0.15, -0.1) is 0 Å². The molecule has 0 bridgehead atoms. The molecule has 21 heavy (non-hydrogen) atoms. The zero-order valence-corrected chi connectivity index (χ0v) is 11.2. The van der Waals surface area contributed by atoms with Gasteiger partial charge in [-0.2, -0.15) is 5.26 Å². The topological polar surface area (TPSA) is 70.4 Å². The summed E-state index contributed by atoms with van der Waals surface area (Å²) < 4.78 is 5.20. The van der Waals surface area contributed by atoms with E-state index in [2.05, 4.69) is 0 Å². The van der Waals surface area contributed by atoms with E-state index in [-0.39, 0.29) is 0 Å². The van der Waals surface area contributed by atoms with Crippen LogP contribution < -0.4 is 9.64 Å². The summed E-state index contributed by atoms with van der Waals surface area (Å²) in [5.41, 5.74) is 1.47. The number of ether oxygens (including phenoxy) is 1. The Balaban J connectivity index is 2.13. The SMILES string of the molecule is COc1cc(C#N)ccc1N1C(=O)c2ccccc2C1=O. The molecule has 0 aromatic heterocycles. The van der Waals surface area contributed by atoms with Crippen LogP contribution in [0.15, 0.2) is 42.5 Å². The van der Waals surface area contributed by atoms with Crippen LogP contribution in [0.2, 0.25) is 0 Å². The van der Waals surface area contributed by atoms with Crippen molar-refractivity contribution >= 4 is 17.5 Å². The molecule has 1 aliphatic rings. The number of carbonyl (C=O) groups excluding carboxylic acids is 2. The predicted molar refractivity (Wildman–Crippen MR) is 75.3 cm³/mol. The monoisotopic (exact) mass is 278 g/mol. The van der Waals surface area contributed by atoms with Crippen LogP contribution in [0, 0.1) is 11.3 Å². The van der Waals surface area contributed by atoms with E-state index in [4.69, 9.17) is 10.00 Å². The van der Waals surface area contributed by atoms with E-state index in [1.165, 1.54) is 13.2 Å². The average molecular weight is 278 g/mol. The highest BCUT2D eigenvalue weighted by Crippen LogP contribution is 2.35. The third kappa shape index (κ3) is 1.85. The van der Waals surface area contributed by atoms with Gasteiger partial charge < -0.3 is 4.74 Å². The highest BCUT2D eigenvalue weighted by Gasteiger charge is 2.37. The van der Waals surface area contributed by atoms with E-state index in [1.54, 1.807) is 36.4 Å². The standard InChI is InChI=1S/C16H10N2O3/c1-21-14-8-10(9-17)6-7-13(14)18-15(19)11-4-2-3-5-12(11)16(18)20/h2-8H,1H3. The number of anilines is 1. The second-order valence-electron chi connectivity index (χ2n) is 4.49. The minimum atomic E-state index is -0.390. The molecule has 2 aromatic rings. The number of hydrogen-bond acceptors (Lipinski definition) is 4. The fraction of sp³-hybridized carbons (Fsp3) is 0.0625. The van der Waals surface area contributed by atoms with Crippen molar-refractivity contribution in [3.05, 3.63) is 59.2 Å². The number of amides is 2. The highest BCUT2D eigenvalue weighted by atomic mass is 16.5. The second-order valence-corrected chi connectivity index (χ2v) is 4.49. The van der Waals surface area contributed by atoms with Gasteiger partial charge >= 0.3 is 0 Å². The number of fused-ring (bicyclic) bond motifs is 1. The van der Waals surface area contributed by atoms with E-state index < -0.39 is 11.8 Å². The Kier molecular flexibility index (Phi) is 2.92. The quantitative estimate of drug-likeness (QED) is 0.791. The smallest absolute Gasteiger partial charge is 0.266 e. The summed E-state index contributed by atoms with van der Waals surface area (Å²) >= 11 is 0. The van der Waals surface area contributed by atoms with Crippen LogP contribution >= 0.6 is 0 Å². The Morgan fingerprint density at radius 2 is 1.67 bits per heavy atom. The third-order valence-corrected chi connectivity index (χ3v) is 3.34. The van der Waals surface area contributed by atoms with Crippen LogP contribution in [0.3, 0.4) is 0 Å². The molecule has 1 aliphatic heterocycles. The van der Waals surface area contributed by atoms with Crippen molar-refractivity contribution in [2.24, 2.45) is 0 Å². The Hall–Kier alpha value is -3.13. The van der Waals surface area contributed by atoms with Crippen molar-refractivity contribution in [1.29, 1.82) is 5.26 Å². The van der Waals surface area contributed by atoms with Gasteiger partial charge in [-0.25, -0.2) is 4.90 Å². The summed E-state index contributed by atoms with van der Waals surface area (Å²) in [7, 11) is 1.43. The molecule has 0 aliphatic carbocycles. The molecule has 0 radical (unpaired) electrons. The van der Waals surface area contributed by atoms with Crippen LogP contribution in [0.5, 0.6) is 5.75 Å². The molecule has 102 valence electrons. The van der Waals surface area contributed by atoms with E-state index in [0.717, 1.165) is 4.90 Å². The van der Waals surface area contributed by atoms with Gasteiger partial charge in [-0.3, -0.25) is 9.59 Å².